The molecule has 6 nitrogen and oxygen atoms in total. The van der Waals surface area contributed by atoms with Crippen LogP contribution in [0, 0.1) is 5.82 Å². The van der Waals surface area contributed by atoms with Crippen molar-refractivity contribution in [3.63, 3.8) is 0 Å². The molecular formula is C17H19FN2O4S. The molecule has 0 saturated heterocycles. The van der Waals surface area contributed by atoms with Gasteiger partial charge >= 0.3 is 0 Å². The van der Waals surface area contributed by atoms with Crippen LogP contribution < -0.4 is 14.8 Å². The van der Waals surface area contributed by atoms with Crippen LogP contribution in [-0.4, -0.2) is 28.0 Å². The average molecular weight is 366 g/mol. The second kappa shape index (κ2) is 8.09. The fourth-order valence-corrected chi connectivity index (χ4v) is 3.49. The maximum Gasteiger partial charge on any atom is 0.244 e. The number of ether oxygens (including phenoxy) is 1. The van der Waals surface area contributed by atoms with Crippen LogP contribution in [0.1, 0.15) is 12.5 Å². The van der Waals surface area contributed by atoms with E-state index in [4.69, 9.17) is 4.74 Å². The molecule has 2 N–H and O–H groups in total. The molecule has 0 fully saturated rings. The molecule has 0 aromatic heterocycles. The van der Waals surface area contributed by atoms with Gasteiger partial charge in [-0.15, -0.1) is 0 Å². The minimum Gasteiger partial charge on any atom is -0.495 e. The summed E-state index contributed by atoms with van der Waals surface area (Å²) in [4.78, 5) is 11.1. The fourth-order valence-electron chi connectivity index (χ4n) is 2.27. The Morgan fingerprint density at radius 2 is 1.96 bits per heavy atom. The number of hydrogen-bond acceptors (Lipinski definition) is 4. The van der Waals surface area contributed by atoms with Crippen molar-refractivity contribution in [2.24, 2.45) is 0 Å². The number of halogens is 1. The molecule has 2 rings (SSSR count). The number of carbonyl (C=O) groups excluding carboxylic acids is 1. The van der Waals surface area contributed by atoms with Gasteiger partial charge in [-0.1, -0.05) is 12.1 Å². The molecule has 0 unspecified atom stereocenters. The summed E-state index contributed by atoms with van der Waals surface area (Å²) in [5.74, 6) is -0.523. The summed E-state index contributed by atoms with van der Waals surface area (Å²) < 4.78 is 45.8. The van der Waals surface area contributed by atoms with Gasteiger partial charge in [-0.3, -0.25) is 4.79 Å². The van der Waals surface area contributed by atoms with Gasteiger partial charge in [-0.2, -0.15) is 0 Å². The number of sulfonamides is 1. The first-order valence-electron chi connectivity index (χ1n) is 7.51. The Hall–Kier alpha value is -2.45. The van der Waals surface area contributed by atoms with Crippen LogP contribution in [0.25, 0.3) is 0 Å². The van der Waals surface area contributed by atoms with Crippen molar-refractivity contribution in [1.29, 1.82) is 0 Å². The molecule has 0 spiro atoms. The lowest BCUT2D eigenvalue weighted by Crippen LogP contribution is -2.26. The van der Waals surface area contributed by atoms with Crippen LogP contribution in [0.3, 0.4) is 0 Å². The zero-order valence-corrected chi connectivity index (χ0v) is 14.7. The average Bonchev–Trinajstić information content (AvgIpc) is 2.54. The van der Waals surface area contributed by atoms with Crippen molar-refractivity contribution in [2.45, 2.75) is 18.2 Å². The van der Waals surface area contributed by atoms with E-state index < -0.39 is 10.0 Å². The first-order chi connectivity index (χ1) is 11.8. The van der Waals surface area contributed by atoms with E-state index in [1.165, 1.54) is 38.3 Å². The lowest BCUT2D eigenvalue weighted by molar-refractivity contribution is -0.114. The van der Waals surface area contributed by atoms with E-state index in [2.05, 4.69) is 10.0 Å². The monoisotopic (exact) mass is 366 g/mol. The number of amides is 1. The third kappa shape index (κ3) is 5.27. The standard InChI is InChI=1S/C17H19FN2O4S/c1-12(21)20-15-6-7-16(24-2)17(11-15)25(22,23)19-9-8-13-4-3-5-14(18)10-13/h3-7,10-11,19H,8-9H2,1-2H3,(H,20,21). The molecule has 0 heterocycles. The Balaban J connectivity index is 2.15. The highest BCUT2D eigenvalue weighted by molar-refractivity contribution is 7.89. The number of methoxy groups -OCH3 is 1. The number of carbonyl (C=O) groups is 1. The van der Waals surface area contributed by atoms with E-state index in [1.54, 1.807) is 18.2 Å². The van der Waals surface area contributed by atoms with Gasteiger partial charge < -0.3 is 10.1 Å². The summed E-state index contributed by atoms with van der Waals surface area (Å²) >= 11 is 0. The molecule has 25 heavy (non-hydrogen) atoms. The molecule has 2 aromatic carbocycles. The summed E-state index contributed by atoms with van der Waals surface area (Å²) in [7, 11) is -2.50. The summed E-state index contributed by atoms with van der Waals surface area (Å²) in [5.41, 5.74) is 1.03. The van der Waals surface area contributed by atoms with Gasteiger partial charge in [0, 0.05) is 19.2 Å². The van der Waals surface area contributed by atoms with Gasteiger partial charge in [-0.05, 0) is 42.3 Å². The van der Waals surface area contributed by atoms with Crippen molar-refractivity contribution in [2.75, 3.05) is 19.0 Å². The lowest BCUT2D eigenvalue weighted by atomic mass is 10.1. The van der Waals surface area contributed by atoms with Crippen molar-refractivity contribution < 1.29 is 22.3 Å². The van der Waals surface area contributed by atoms with Gasteiger partial charge in [0.05, 0.1) is 7.11 Å². The van der Waals surface area contributed by atoms with Crippen LogP contribution in [0.2, 0.25) is 0 Å². The maximum absolute atomic E-state index is 13.2. The van der Waals surface area contributed by atoms with Crippen molar-refractivity contribution in [3.05, 3.63) is 53.8 Å². The fraction of sp³-hybridized carbons (Fsp3) is 0.235. The highest BCUT2D eigenvalue weighted by atomic mass is 32.2. The molecular weight excluding hydrogens is 347 g/mol. The van der Waals surface area contributed by atoms with E-state index in [-0.39, 0.29) is 28.9 Å². The molecule has 2 aromatic rings. The van der Waals surface area contributed by atoms with E-state index in [9.17, 15) is 17.6 Å². The van der Waals surface area contributed by atoms with Crippen molar-refractivity contribution >= 4 is 21.6 Å². The topological polar surface area (TPSA) is 84.5 Å². The minimum absolute atomic E-state index is 0.0829. The van der Waals surface area contributed by atoms with E-state index in [0.717, 1.165) is 0 Å². The zero-order valence-electron chi connectivity index (χ0n) is 13.9. The van der Waals surface area contributed by atoms with Crippen LogP contribution >= 0.6 is 0 Å². The number of benzene rings is 2. The Labute approximate surface area is 146 Å². The molecule has 0 saturated carbocycles. The van der Waals surface area contributed by atoms with Gasteiger partial charge in [0.25, 0.3) is 0 Å². The Kier molecular flexibility index (Phi) is 6.11. The molecule has 8 heteroatoms. The predicted molar refractivity (Wildman–Crippen MR) is 92.6 cm³/mol. The largest absolute Gasteiger partial charge is 0.495 e. The lowest BCUT2D eigenvalue weighted by Gasteiger charge is -2.12. The summed E-state index contributed by atoms with van der Waals surface area (Å²) in [6.07, 6.45) is 0.338. The van der Waals surface area contributed by atoms with Gasteiger partial charge in [-0.25, -0.2) is 17.5 Å². The summed E-state index contributed by atoms with van der Waals surface area (Å²) in [6, 6.07) is 10.3. The highest BCUT2D eigenvalue weighted by Gasteiger charge is 2.20. The first kappa shape index (κ1) is 18.9. The molecule has 0 atom stereocenters. The molecule has 0 bridgehead atoms. The summed E-state index contributed by atoms with van der Waals surface area (Å²) in [6.45, 7) is 1.43. The van der Waals surface area contributed by atoms with E-state index in [1.807, 2.05) is 0 Å². The van der Waals surface area contributed by atoms with Crippen molar-refractivity contribution in [3.8, 4) is 5.75 Å². The van der Waals surface area contributed by atoms with Gasteiger partial charge in [0.2, 0.25) is 15.9 Å². The Morgan fingerprint density at radius 3 is 2.60 bits per heavy atom. The quantitative estimate of drug-likeness (QED) is 0.788. The second-order valence-electron chi connectivity index (χ2n) is 5.32. The molecule has 0 aliphatic carbocycles. The zero-order chi connectivity index (χ0) is 18.4. The first-order valence-corrected chi connectivity index (χ1v) is 9.00. The SMILES string of the molecule is COc1ccc(NC(C)=O)cc1S(=O)(=O)NCCc1cccc(F)c1. The number of hydrogen-bond donors (Lipinski definition) is 2. The minimum atomic E-state index is -3.86. The number of rotatable bonds is 7. The normalized spacial score (nSPS) is 11.2. The Morgan fingerprint density at radius 1 is 1.20 bits per heavy atom. The number of nitrogens with one attached hydrogen (secondary N) is 2. The van der Waals surface area contributed by atoms with E-state index >= 15 is 0 Å². The van der Waals surface area contributed by atoms with Crippen LogP contribution in [0.15, 0.2) is 47.4 Å². The predicted octanol–water partition coefficient (Wildman–Crippen LogP) is 2.31. The smallest absolute Gasteiger partial charge is 0.244 e. The highest BCUT2D eigenvalue weighted by Crippen LogP contribution is 2.27. The van der Waals surface area contributed by atoms with Gasteiger partial charge in [0.1, 0.15) is 16.5 Å². The van der Waals surface area contributed by atoms with Crippen LogP contribution in [0.4, 0.5) is 10.1 Å². The van der Waals surface area contributed by atoms with Crippen LogP contribution in [0.5, 0.6) is 5.75 Å². The van der Waals surface area contributed by atoms with Crippen molar-refractivity contribution in [1.82, 2.24) is 4.72 Å². The molecule has 1 amide bonds. The second-order valence-corrected chi connectivity index (χ2v) is 7.06. The molecule has 134 valence electrons. The molecule has 0 aliphatic rings. The Bertz CT molecular complexity index is 869. The van der Waals surface area contributed by atoms with Gasteiger partial charge in [0.15, 0.2) is 0 Å². The molecule has 0 radical (unpaired) electrons. The summed E-state index contributed by atoms with van der Waals surface area (Å²) in [5, 5.41) is 2.53. The van der Waals surface area contributed by atoms with E-state index in [0.29, 0.717) is 17.7 Å². The maximum atomic E-state index is 13.2. The number of anilines is 1. The third-order valence-corrected chi connectivity index (χ3v) is 4.85. The third-order valence-electron chi connectivity index (χ3n) is 3.37. The molecule has 0 aliphatic heterocycles. The van der Waals surface area contributed by atoms with Crippen LogP contribution in [-0.2, 0) is 21.2 Å².